The van der Waals surface area contributed by atoms with Crippen LogP contribution < -0.4 is 4.74 Å². The minimum absolute atomic E-state index is 0.0918. The van der Waals surface area contributed by atoms with Crippen LogP contribution >= 0.6 is 0 Å². The number of ketones is 1. The molecule has 0 radical (unpaired) electrons. The van der Waals surface area contributed by atoms with Crippen LogP contribution in [0.3, 0.4) is 0 Å². The van der Waals surface area contributed by atoms with Gasteiger partial charge in [-0.15, -0.1) is 0 Å². The van der Waals surface area contributed by atoms with Crippen molar-refractivity contribution in [3.63, 3.8) is 0 Å². The van der Waals surface area contributed by atoms with Crippen LogP contribution in [0.2, 0.25) is 0 Å². The Morgan fingerprint density at radius 1 is 1.06 bits per heavy atom. The first-order valence-corrected chi connectivity index (χ1v) is 10.2. The molecule has 3 aromatic rings. The van der Waals surface area contributed by atoms with Crippen molar-refractivity contribution in [1.82, 2.24) is 14.9 Å². The summed E-state index contributed by atoms with van der Waals surface area (Å²) in [5.74, 6) is -1.10. The van der Waals surface area contributed by atoms with Gasteiger partial charge in [0.15, 0.2) is 5.78 Å². The summed E-state index contributed by atoms with van der Waals surface area (Å²) in [5.41, 5.74) is 1.52. The highest BCUT2D eigenvalue weighted by Crippen LogP contribution is 2.23. The van der Waals surface area contributed by atoms with Gasteiger partial charge >= 0.3 is 0 Å². The van der Waals surface area contributed by atoms with E-state index in [2.05, 4.69) is 9.97 Å². The second kappa shape index (κ2) is 9.04. The maximum Gasteiger partial charge on any atom is 0.254 e. The molecular weight excluding hydrogens is 397 g/mol. The van der Waals surface area contributed by atoms with Gasteiger partial charge in [0.05, 0.1) is 17.8 Å². The average Bonchev–Trinajstić information content (AvgIpc) is 3.28. The Labute approximate surface area is 179 Å². The molecule has 7 heteroatoms. The minimum atomic E-state index is -0.562. The van der Waals surface area contributed by atoms with Gasteiger partial charge in [-0.2, -0.15) is 9.37 Å². The maximum atomic E-state index is 14.4. The zero-order valence-electron chi connectivity index (χ0n) is 17.1. The first-order valence-electron chi connectivity index (χ1n) is 10.2. The van der Waals surface area contributed by atoms with Gasteiger partial charge < -0.3 is 9.64 Å². The van der Waals surface area contributed by atoms with Crippen LogP contribution in [0.5, 0.6) is 5.88 Å². The normalized spacial score (nSPS) is 15.7. The fourth-order valence-corrected chi connectivity index (χ4v) is 3.67. The molecule has 1 aliphatic heterocycles. The third-order valence-corrected chi connectivity index (χ3v) is 5.31. The number of carbonyl (C=O) groups excluding carboxylic acids is 2. The molecule has 1 fully saturated rings. The molecule has 1 aromatic heterocycles. The molecule has 1 amide bonds. The van der Waals surface area contributed by atoms with Crippen molar-refractivity contribution in [3.8, 4) is 5.88 Å². The van der Waals surface area contributed by atoms with E-state index in [0.29, 0.717) is 41.8 Å². The van der Waals surface area contributed by atoms with E-state index in [4.69, 9.17) is 4.74 Å². The number of hydrogen-bond donors (Lipinski definition) is 0. The predicted octanol–water partition coefficient (Wildman–Crippen LogP) is 3.70. The highest BCUT2D eigenvalue weighted by molar-refractivity contribution is 6.15. The molecule has 0 saturated carbocycles. The number of aromatic nitrogens is 2. The fourth-order valence-electron chi connectivity index (χ4n) is 3.67. The number of hydrogen-bond acceptors (Lipinski definition) is 5. The number of amides is 1. The van der Waals surface area contributed by atoms with Crippen molar-refractivity contribution >= 4 is 11.7 Å². The molecule has 0 spiro atoms. The topological polar surface area (TPSA) is 72.4 Å². The second-order valence-electron chi connectivity index (χ2n) is 7.31. The Bertz CT molecular complexity index is 1100. The smallest absolute Gasteiger partial charge is 0.254 e. The van der Waals surface area contributed by atoms with Gasteiger partial charge in [0.1, 0.15) is 12.4 Å². The molecule has 0 bridgehead atoms. The third kappa shape index (κ3) is 4.30. The lowest BCUT2D eigenvalue weighted by Gasteiger charge is -2.19. The van der Waals surface area contributed by atoms with Gasteiger partial charge in [0.25, 0.3) is 11.8 Å². The highest BCUT2D eigenvalue weighted by Gasteiger charge is 2.31. The summed E-state index contributed by atoms with van der Waals surface area (Å²) in [6.07, 6.45) is 1.88. The average molecular weight is 419 g/mol. The molecule has 2 aromatic carbocycles. The first-order chi connectivity index (χ1) is 15.1. The number of likely N-dealkylation sites (tertiary alicyclic amines) is 1. The summed E-state index contributed by atoms with van der Waals surface area (Å²) < 4.78 is 20.1. The largest absolute Gasteiger partial charge is 0.470 e. The summed E-state index contributed by atoms with van der Waals surface area (Å²) in [7, 11) is 0. The Morgan fingerprint density at radius 2 is 1.77 bits per heavy atom. The van der Waals surface area contributed by atoms with E-state index in [0.717, 1.165) is 0 Å². The molecular formula is C24H22FN3O3. The number of benzene rings is 2. The first kappa shape index (κ1) is 20.7. The second-order valence-corrected chi connectivity index (χ2v) is 7.31. The van der Waals surface area contributed by atoms with Crippen LogP contribution in [0.15, 0.2) is 60.9 Å². The van der Waals surface area contributed by atoms with Crippen molar-refractivity contribution in [2.24, 2.45) is 0 Å². The lowest BCUT2D eigenvalue weighted by Crippen LogP contribution is -2.32. The molecule has 1 unspecified atom stereocenters. The number of nitrogens with zero attached hydrogens (tertiary/aromatic N) is 3. The van der Waals surface area contributed by atoms with E-state index in [1.54, 1.807) is 60.4 Å². The zero-order valence-corrected chi connectivity index (χ0v) is 17.1. The van der Waals surface area contributed by atoms with E-state index >= 15 is 0 Å². The monoisotopic (exact) mass is 419 g/mol. The summed E-state index contributed by atoms with van der Waals surface area (Å²) >= 11 is 0. The Balaban J connectivity index is 1.50. The SMILES string of the molecule is CCc1ncnc(OC2CCN(C(=O)c3ccccc3C(=O)c3ccccc3)C2)c1F. The Hall–Kier alpha value is -3.61. The van der Waals surface area contributed by atoms with Gasteiger partial charge in [-0.1, -0.05) is 55.5 Å². The Morgan fingerprint density at radius 3 is 2.52 bits per heavy atom. The molecule has 6 nitrogen and oxygen atoms in total. The van der Waals surface area contributed by atoms with E-state index in [1.165, 1.54) is 6.33 Å². The lowest BCUT2D eigenvalue weighted by molar-refractivity contribution is 0.0765. The van der Waals surface area contributed by atoms with Crippen molar-refractivity contribution in [1.29, 1.82) is 0 Å². The molecule has 1 aliphatic rings. The quantitative estimate of drug-likeness (QED) is 0.570. The highest BCUT2D eigenvalue weighted by atomic mass is 19.1. The molecule has 158 valence electrons. The summed E-state index contributed by atoms with van der Waals surface area (Å²) in [6, 6.07) is 15.7. The molecule has 0 N–H and O–H groups in total. The molecule has 0 aliphatic carbocycles. The van der Waals surface area contributed by atoms with E-state index in [9.17, 15) is 14.0 Å². The van der Waals surface area contributed by atoms with Crippen LogP contribution in [0.1, 0.15) is 45.3 Å². The standard InChI is InChI=1S/C24H22FN3O3/c1-2-20-21(25)23(27-15-26-20)31-17-12-13-28(14-17)24(30)19-11-7-6-10-18(19)22(29)16-8-4-3-5-9-16/h3-11,15,17H,2,12-14H2,1H3. The molecule has 4 rings (SSSR count). The van der Waals surface area contributed by atoms with Gasteiger partial charge in [-0.25, -0.2) is 4.98 Å². The number of halogens is 1. The number of carbonyl (C=O) groups is 2. The lowest BCUT2D eigenvalue weighted by atomic mass is 9.97. The van der Waals surface area contributed by atoms with Crippen LogP contribution in [0.4, 0.5) is 4.39 Å². The fraction of sp³-hybridized carbons (Fsp3) is 0.250. The van der Waals surface area contributed by atoms with Crippen molar-refractivity contribution < 1.29 is 18.7 Å². The molecule has 1 atom stereocenters. The van der Waals surface area contributed by atoms with Crippen LogP contribution in [-0.2, 0) is 6.42 Å². The van der Waals surface area contributed by atoms with Crippen LogP contribution in [0.25, 0.3) is 0 Å². The van der Waals surface area contributed by atoms with Gasteiger partial charge in [0.2, 0.25) is 5.82 Å². The number of ether oxygens (including phenoxy) is 1. The van der Waals surface area contributed by atoms with E-state index in [1.807, 2.05) is 6.07 Å². The third-order valence-electron chi connectivity index (χ3n) is 5.31. The minimum Gasteiger partial charge on any atom is -0.470 e. The van der Waals surface area contributed by atoms with Gasteiger partial charge in [-0.3, -0.25) is 9.59 Å². The van der Waals surface area contributed by atoms with E-state index < -0.39 is 5.82 Å². The Kier molecular flexibility index (Phi) is 6.02. The molecule has 2 heterocycles. The van der Waals surface area contributed by atoms with Crippen molar-refractivity contribution in [3.05, 3.63) is 89.1 Å². The van der Waals surface area contributed by atoms with Crippen molar-refractivity contribution in [2.45, 2.75) is 25.9 Å². The maximum absolute atomic E-state index is 14.4. The number of aryl methyl sites for hydroxylation is 1. The van der Waals surface area contributed by atoms with Crippen LogP contribution in [-0.4, -0.2) is 45.8 Å². The zero-order chi connectivity index (χ0) is 21.8. The summed E-state index contributed by atoms with van der Waals surface area (Å²) in [6.45, 7) is 2.54. The number of rotatable bonds is 6. The van der Waals surface area contributed by atoms with Crippen LogP contribution in [0, 0.1) is 5.82 Å². The van der Waals surface area contributed by atoms with E-state index in [-0.39, 0.29) is 30.2 Å². The molecule has 1 saturated heterocycles. The summed E-state index contributed by atoms with van der Waals surface area (Å²) in [4.78, 5) is 35.5. The summed E-state index contributed by atoms with van der Waals surface area (Å²) in [5, 5.41) is 0. The van der Waals surface area contributed by atoms with Gasteiger partial charge in [0, 0.05) is 24.1 Å². The van der Waals surface area contributed by atoms with Crippen molar-refractivity contribution in [2.75, 3.05) is 13.1 Å². The van der Waals surface area contributed by atoms with Gasteiger partial charge in [-0.05, 0) is 12.5 Å². The predicted molar refractivity (Wildman–Crippen MR) is 113 cm³/mol. The molecule has 31 heavy (non-hydrogen) atoms.